The summed E-state index contributed by atoms with van der Waals surface area (Å²) in [5, 5.41) is 3.26. The minimum absolute atomic E-state index is 0.615. The number of hydrogen-bond donors (Lipinski definition) is 1. The second-order valence-electron chi connectivity index (χ2n) is 3.41. The third-order valence-electron chi connectivity index (χ3n) is 2.17. The molecule has 0 fully saturated rings. The lowest BCUT2D eigenvalue weighted by Crippen LogP contribution is -2.07. The largest absolute Gasteiger partial charge is 0.478 e. The molecule has 0 aliphatic carbocycles. The van der Waals surface area contributed by atoms with E-state index in [-0.39, 0.29) is 0 Å². The average molecular weight is 244 g/mol. The van der Waals surface area contributed by atoms with Crippen molar-refractivity contribution in [2.24, 2.45) is 0 Å². The molecule has 16 heavy (non-hydrogen) atoms. The molecule has 5 heteroatoms. The number of rotatable bonds is 7. The van der Waals surface area contributed by atoms with Crippen LogP contribution in [-0.4, -0.2) is 29.0 Å². The highest BCUT2D eigenvalue weighted by Gasteiger charge is 2.06. The number of anilines is 1. The number of aromatic nitrogens is 2. The minimum Gasteiger partial charge on any atom is -0.478 e. The van der Waals surface area contributed by atoms with Gasteiger partial charge in [0, 0.05) is 12.4 Å². The second-order valence-corrected chi connectivity index (χ2v) is 3.79. The normalized spacial score (nSPS) is 10.2. The fourth-order valence-corrected chi connectivity index (χ4v) is 1.51. The van der Waals surface area contributed by atoms with E-state index in [9.17, 15) is 0 Å². The lowest BCUT2D eigenvalue weighted by Gasteiger charge is -2.10. The summed E-state index contributed by atoms with van der Waals surface area (Å²) in [5.41, 5.74) is 0.954. The molecule has 0 radical (unpaired) electrons. The van der Waals surface area contributed by atoms with E-state index in [0.717, 1.165) is 30.8 Å². The Morgan fingerprint density at radius 3 is 2.88 bits per heavy atom. The van der Waals surface area contributed by atoms with Gasteiger partial charge in [-0.15, -0.1) is 11.6 Å². The van der Waals surface area contributed by atoms with E-state index in [4.69, 9.17) is 16.3 Å². The van der Waals surface area contributed by atoms with Gasteiger partial charge in [0.2, 0.25) is 5.88 Å². The van der Waals surface area contributed by atoms with Crippen LogP contribution >= 0.6 is 11.6 Å². The maximum absolute atomic E-state index is 5.61. The highest BCUT2D eigenvalue weighted by Crippen LogP contribution is 2.20. The van der Waals surface area contributed by atoms with E-state index in [1.165, 1.54) is 6.33 Å². The van der Waals surface area contributed by atoms with Crippen molar-refractivity contribution >= 4 is 17.4 Å². The standard InChI is InChI=1S/C11H18ClN3O/c1-3-16-11-9(2)10(14-8-15-11)13-7-5-4-6-12/h8H,3-7H2,1-2H3,(H,13,14,15). The summed E-state index contributed by atoms with van der Waals surface area (Å²) in [6.07, 6.45) is 3.57. The molecule has 1 N–H and O–H groups in total. The second kappa shape index (κ2) is 7.28. The first kappa shape index (κ1) is 13.0. The quantitative estimate of drug-likeness (QED) is 0.591. The maximum Gasteiger partial charge on any atom is 0.221 e. The van der Waals surface area contributed by atoms with E-state index in [1.54, 1.807) is 0 Å². The third-order valence-corrected chi connectivity index (χ3v) is 2.44. The van der Waals surface area contributed by atoms with E-state index in [2.05, 4.69) is 15.3 Å². The Morgan fingerprint density at radius 1 is 1.38 bits per heavy atom. The lowest BCUT2D eigenvalue weighted by molar-refractivity contribution is 0.324. The van der Waals surface area contributed by atoms with E-state index in [0.29, 0.717) is 18.4 Å². The molecule has 1 rings (SSSR count). The van der Waals surface area contributed by atoms with Gasteiger partial charge < -0.3 is 10.1 Å². The van der Waals surface area contributed by atoms with Crippen molar-refractivity contribution < 1.29 is 4.74 Å². The van der Waals surface area contributed by atoms with Gasteiger partial charge in [0.25, 0.3) is 0 Å². The molecule has 0 aliphatic heterocycles. The van der Waals surface area contributed by atoms with Crippen molar-refractivity contribution in [3.63, 3.8) is 0 Å². The zero-order chi connectivity index (χ0) is 11.8. The minimum atomic E-state index is 0.615. The average Bonchev–Trinajstić information content (AvgIpc) is 2.29. The van der Waals surface area contributed by atoms with Crippen LogP contribution < -0.4 is 10.1 Å². The molecule has 0 saturated heterocycles. The Balaban J connectivity index is 2.55. The Bertz CT molecular complexity index is 320. The van der Waals surface area contributed by atoms with Crippen molar-refractivity contribution in [1.29, 1.82) is 0 Å². The summed E-state index contributed by atoms with van der Waals surface area (Å²) in [4.78, 5) is 8.26. The van der Waals surface area contributed by atoms with Gasteiger partial charge in [-0.2, -0.15) is 0 Å². The first-order valence-corrected chi connectivity index (χ1v) is 6.07. The SMILES string of the molecule is CCOc1ncnc(NCCCCCl)c1C. The van der Waals surface area contributed by atoms with Gasteiger partial charge in [0.15, 0.2) is 0 Å². The fourth-order valence-electron chi connectivity index (χ4n) is 1.32. The van der Waals surface area contributed by atoms with E-state index < -0.39 is 0 Å². The number of hydrogen-bond acceptors (Lipinski definition) is 4. The van der Waals surface area contributed by atoms with Gasteiger partial charge in [-0.25, -0.2) is 9.97 Å². The van der Waals surface area contributed by atoms with Gasteiger partial charge in [-0.05, 0) is 26.7 Å². The molecule has 1 heterocycles. The molecule has 1 aromatic heterocycles. The highest BCUT2D eigenvalue weighted by molar-refractivity contribution is 6.17. The summed E-state index contributed by atoms with van der Waals surface area (Å²) in [7, 11) is 0. The lowest BCUT2D eigenvalue weighted by atomic mass is 10.3. The van der Waals surface area contributed by atoms with Crippen molar-refractivity contribution in [3.05, 3.63) is 11.9 Å². The summed E-state index contributed by atoms with van der Waals surface area (Å²) >= 11 is 5.61. The zero-order valence-corrected chi connectivity index (χ0v) is 10.5. The number of nitrogens with zero attached hydrogens (tertiary/aromatic N) is 2. The van der Waals surface area contributed by atoms with Crippen LogP contribution in [0.3, 0.4) is 0 Å². The van der Waals surface area contributed by atoms with Crippen LogP contribution in [0.5, 0.6) is 5.88 Å². The molecule has 0 aliphatic rings. The van der Waals surface area contributed by atoms with Crippen LogP contribution in [0.1, 0.15) is 25.3 Å². The Kier molecular flexibility index (Phi) is 5.93. The van der Waals surface area contributed by atoms with Crippen LogP contribution in [-0.2, 0) is 0 Å². The Labute approximate surface area is 101 Å². The van der Waals surface area contributed by atoms with Crippen LogP contribution in [0.4, 0.5) is 5.82 Å². The number of ether oxygens (including phenoxy) is 1. The summed E-state index contributed by atoms with van der Waals surface area (Å²) < 4.78 is 5.39. The monoisotopic (exact) mass is 243 g/mol. The van der Waals surface area contributed by atoms with E-state index >= 15 is 0 Å². The maximum atomic E-state index is 5.61. The van der Waals surface area contributed by atoms with Crippen LogP contribution in [0.25, 0.3) is 0 Å². The van der Waals surface area contributed by atoms with Crippen molar-refractivity contribution in [2.45, 2.75) is 26.7 Å². The topological polar surface area (TPSA) is 47.0 Å². The molecule has 90 valence electrons. The molecule has 0 aromatic carbocycles. The first-order valence-electron chi connectivity index (χ1n) is 5.53. The van der Waals surface area contributed by atoms with Gasteiger partial charge in [0.1, 0.15) is 12.1 Å². The van der Waals surface area contributed by atoms with Crippen LogP contribution in [0.2, 0.25) is 0 Å². The van der Waals surface area contributed by atoms with Gasteiger partial charge >= 0.3 is 0 Å². The first-order chi connectivity index (χ1) is 7.79. The molecule has 0 bridgehead atoms. The molecule has 1 aromatic rings. The summed E-state index contributed by atoms with van der Waals surface area (Å²) in [6.45, 7) is 5.38. The zero-order valence-electron chi connectivity index (χ0n) is 9.79. The molecule has 0 spiro atoms. The van der Waals surface area contributed by atoms with Crippen molar-refractivity contribution in [2.75, 3.05) is 24.3 Å². The van der Waals surface area contributed by atoms with Gasteiger partial charge in [-0.1, -0.05) is 0 Å². The molecule has 0 amide bonds. The number of alkyl halides is 1. The number of nitrogens with one attached hydrogen (secondary N) is 1. The Hall–Kier alpha value is -1.03. The molecule has 0 saturated carbocycles. The number of halogens is 1. The third kappa shape index (κ3) is 3.85. The highest BCUT2D eigenvalue weighted by atomic mass is 35.5. The van der Waals surface area contributed by atoms with Crippen LogP contribution in [0, 0.1) is 6.92 Å². The van der Waals surface area contributed by atoms with Crippen molar-refractivity contribution in [1.82, 2.24) is 9.97 Å². The molecule has 0 atom stereocenters. The van der Waals surface area contributed by atoms with E-state index in [1.807, 2.05) is 13.8 Å². The summed E-state index contributed by atoms with van der Waals surface area (Å²) in [5.74, 6) is 2.19. The van der Waals surface area contributed by atoms with Crippen LogP contribution in [0.15, 0.2) is 6.33 Å². The van der Waals surface area contributed by atoms with Gasteiger partial charge in [0.05, 0.1) is 12.2 Å². The predicted octanol–water partition coefficient (Wildman–Crippen LogP) is 2.61. The predicted molar refractivity (Wildman–Crippen MR) is 66.4 cm³/mol. The molecular weight excluding hydrogens is 226 g/mol. The molecular formula is C11H18ClN3O. The number of unbranched alkanes of at least 4 members (excludes halogenated alkanes) is 1. The molecule has 4 nitrogen and oxygen atoms in total. The summed E-state index contributed by atoms with van der Waals surface area (Å²) in [6, 6.07) is 0. The Morgan fingerprint density at radius 2 is 2.19 bits per heavy atom. The fraction of sp³-hybridized carbons (Fsp3) is 0.636. The van der Waals surface area contributed by atoms with Gasteiger partial charge in [-0.3, -0.25) is 0 Å². The molecule has 0 unspecified atom stereocenters. The van der Waals surface area contributed by atoms with Crippen molar-refractivity contribution in [3.8, 4) is 5.88 Å². The smallest absolute Gasteiger partial charge is 0.221 e.